The normalized spacial score (nSPS) is 11.8. The largest absolute Gasteiger partial charge is 0.375 e. The van der Waals surface area contributed by atoms with Gasteiger partial charge in [0.1, 0.15) is 5.82 Å². The SMILES string of the molecule is CC(C)(C)OCCNCc1ccc(F)c(Cl)c1. The minimum atomic E-state index is -0.383. The van der Waals surface area contributed by atoms with E-state index >= 15 is 0 Å². The smallest absolute Gasteiger partial charge is 0.141 e. The van der Waals surface area contributed by atoms with Crippen LogP contribution < -0.4 is 5.32 Å². The lowest BCUT2D eigenvalue weighted by molar-refractivity contribution is -0.000885. The highest BCUT2D eigenvalue weighted by Crippen LogP contribution is 2.15. The van der Waals surface area contributed by atoms with Gasteiger partial charge in [-0.1, -0.05) is 17.7 Å². The van der Waals surface area contributed by atoms with Gasteiger partial charge in [0.2, 0.25) is 0 Å². The zero-order valence-electron chi connectivity index (χ0n) is 10.5. The first kappa shape index (κ1) is 14.4. The van der Waals surface area contributed by atoms with Gasteiger partial charge in [0, 0.05) is 13.1 Å². The van der Waals surface area contributed by atoms with Crippen LogP contribution in [0.15, 0.2) is 18.2 Å². The van der Waals surface area contributed by atoms with Crippen molar-refractivity contribution in [3.05, 3.63) is 34.6 Å². The van der Waals surface area contributed by atoms with Gasteiger partial charge in [-0.2, -0.15) is 0 Å². The Bertz CT molecular complexity index is 363. The van der Waals surface area contributed by atoms with Gasteiger partial charge in [0.05, 0.1) is 17.2 Å². The fraction of sp³-hybridized carbons (Fsp3) is 0.538. The number of nitrogens with one attached hydrogen (secondary N) is 1. The van der Waals surface area contributed by atoms with Crippen molar-refractivity contribution in [1.29, 1.82) is 0 Å². The standard InChI is InChI=1S/C13H19ClFNO/c1-13(2,3)17-7-6-16-9-10-4-5-12(15)11(14)8-10/h4-5,8,16H,6-7,9H2,1-3H3. The van der Waals surface area contributed by atoms with Crippen LogP contribution in [0.3, 0.4) is 0 Å². The van der Waals surface area contributed by atoms with Crippen molar-refractivity contribution in [2.75, 3.05) is 13.2 Å². The third-order valence-electron chi connectivity index (χ3n) is 2.13. The third kappa shape index (κ3) is 6.01. The second-order valence-corrected chi connectivity index (χ2v) is 5.29. The number of halogens is 2. The summed E-state index contributed by atoms with van der Waals surface area (Å²) in [5, 5.41) is 3.38. The van der Waals surface area contributed by atoms with Crippen molar-refractivity contribution in [2.45, 2.75) is 32.9 Å². The first-order chi connectivity index (χ1) is 7.88. The molecule has 0 aliphatic heterocycles. The molecule has 0 saturated carbocycles. The molecule has 0 unspecified atom stereocenters. The van der Waals surface area contributed by atoms with E-state index in [1.54, 1.807) is 12.1 Å². The summed E-state index contributed by atoms with van der Waals surface area (Å²) in [6, 6.07) is 4.73. The van der Waals surface area contributed by atoms with Crippen LogP contribution in [0.5, 0.6) is 0 Å². The zero-order chi connectivity index (χ0) is 12.9. The molecule has 17 heavy (non-hydrogen) atoms. The van der Waals surface area contributed by atoms with Gasteiger partial charge in [-0.25, -0.2) is 4.39 Å². The van der Waals surface area contributed by atoms with E-state index in [1.807, 2.05) is 20.8 Å². The Hall–Kier alpha value is -0.640. The minimum Gasteiger partial charge on any atom is -0.375 e. The lowest BCUT2D eigenvalue weighted by Crippen LogP contribution is -2.26. The van der Waals surface area contributed by atoms with Crippen molar-refractivity contribution in [3.8, 4) is 0 Å². The van der Waals surface area contributed by atoms with Gasteiger partial charge in [-0.15, -0.1) is 0 Å². The molecule has 0 amide bonds. The monoisotopic (exact) mass is 259 g/mol. The van der Waals surface area contributed by atoms with Gasteiger partial charge in [0.25, 0.3) is 0 Å². The van der Waals surface area contributed by atoms with Crippen molar-refractivity contribution in [3.63, 3.8) is 0 Å². The van der Waals surface area contributed by atoms with Gasteiger partial charge in [-0.3, -0.25) is 0 Å². The summed E-state index contributed by atoms with van der Waals surface area (Å²) < 4.78 is 18.5. The molecule has 1 aromatic carbocycles. The van der Waals surface area contributed by atoms with Gasteiger partial charge >= 0.3 is 0 Å². The Morgan fingerprint density at radius 3 is 2.65 bits per heavy atom. The summed E-state index contributed by atoms with van der Waals surface area (Å²) in [6.07, 6.45) is 0. The third-order valence-corrected chi connectivity index (χ3v) is 2.42. The summed E-state index contributed by atoms with van der Waals surface area (Å²) in [5.74, 6) is -0.383. The van der Waals surface area contributed by atoms with E-state index in [9.17, 15) is 4.39 Å². The van der Waals surface area contributed by atoms with E-state index in [2.05, 4.69) is 5.32 Å². The predicted molar refractivity (Wildman–Crippen MR) is 68.8 cm³/mol. The summed E-state index contributed by atoms with van der Waals surface area (Å²) in [7, 11) is 0. The molecule has 0 aliphatic carbocycles. The number of rotatable bonds is 5. The van der Waals surface area contributed by atoms with Gasteiger partial charge in [-0.05, 0) is 38.5 Å². The van der Waals surface area contributed by atoms with Crippen molar-refractivity contribution < 1.29 is 9.13 Å². The molecule has 1 aromatic rings. The number of benzene rings is 1. The molecule has 0 saturated heterocycles. The maximum Gasteiger partial charge on any atom is 0.141 e. The van der Waals surface area contributed by atoms with Crippen LogP contribution in [-0.2, 0) is 11.3 Å². The molecule has 0 bridgehead atoms. The first-order valence-corrected chi connectivity index (χ1v) is 6.05. The Labute approximate surface area is 107 Å². The topological polar surface area (TPSA) is 21.3 Å². The lowest BCUT2D eigenvalue weighted by Gasteiger charge is -2.19. The molecule has 96 valence electrons. The molecule has 0 heterocycles. The Morgan fingerprint density at radius 1 is 1.35 bits per heavy atom. The minimum absolute atomic E-state index is 0.110. The molecule has 0 radical (unpaired) electrons. The van der Waals surface area contributed by atoms with Crippen molar-refractivity contribution in [2.24, 2.45) is 0 Å². The Kier molecular flexibility index (Phi) is 5.37. The molecule has 0 aromatic heterocycles. The second kappa shape index (κ2) is 6.34. The Morgan fingerprint density at radius 2 is 2.06 bits per heavy atom. The molecular formula is C13H19ClFNO. The summed E-state index contributed by atoms with van der Waals surface area (Å²) in [5.41, 5.74) is 0.855. The Balaban J connectivity index is 2.25. The van der Waals surface area contributed by atoms with Crippen LogP contribution in [-0.4, -0.2) is 18.8 Å². The summed E-state index contributed by atoms with van der Waals surface area (Å²) in [6.45, 7) is 8.13. The van der Waals surface area contributed by atoms with Crippen LogP contribution in [0.25, 0.3) is 0 Å². The highest BCUT2D eigenvalue weighted by Gasteiger charge is 2.08. The quantitative estimate of drug-likeness (QED) is 0.819. The summed E-state index contributed by atoms with van der Waals surface area (Å²) >= 11 is 5.69. The zero-order valence-corrected chi connectivity index (χ0v) is 11.3. The highest BCUT2D eigenvalue weighted by molar-refractivity contribution is 6.30. The molecule has 1 N–H and O–H groups in total. The molecule has 0 aliphatic rings. The molecular weight excluding hydrogens is 241 g/mol. The van der Waals surface area contributed by atoms with E-state index in [1.165, 1.54) is 6.07 Å². The van der Waals surface area contributed by atoms with E-state index in [4.69, 9.17) is 16.3 Å². The van der Waals surface area contributed by atoms with E-state index in [-0.39, 0.29) is 16.4 Å². The molecule has 0 atom stereocenters. The molecule has 4 heteroatoms. The maximum absolute atomic E-state index is 12.9. The number of hydrogen-bond donors (Lipinski definition) is 1. The molecule has 2 nitrogen and oxygen atoms in total. The van der Waals surface area contributed by atoms with Crippen LogP contribution in [0.1, 0.15) is 26.3 Å². The summed E-state index contributed by atoms with van der Waals surface area (Å²) in [4.78, 5) is 0. The van der Waals surface area contributed by atoms with Crippen LogP contribution in [0.2, 0.25) is 5.02 Å². The average Bonchev–Trinajstić information content (AvgIpc) is 2.21. The van der Waals surface area contributed by atoms with Crippen molar-refractivity contribution in [1.82, 2.24) is 5.32 Å². The first-order valence-electron chi connectivity index (χ1n) is 5.67. The molecule has 0 spiro atoms. The fourth-order valence-electron chi connectivity index (χ4n) is 1.31. The van der Waals surface area contributed by atoms with Crippen LogP contribution in [0.4, 0.5) is 4.39 Å². The number of ether oxygens (including phenoxy) is 1. The lowest BCUT2D eigenvalue weighted by atomic mass is 10.2. The van der Waals surface area contributed by atoms with Gasteiger partial charge < -0.3 is 10.1 Å². The fourth-order valence-corrected chi connectivity index (χ4v) is 1.51. The van der Waals surface area contributed by atoms with E-state index in [0.29, 0.717) is 13.2 Å². The maximum atomic E-state index is 12.9. The van der Waals surface area contributed by atoms with Crippen LogP contribution >= 0.6 is 11.6 Å². The van der Waals surface area contributed by atoms with Gasteiger partial charge in [0.15, 0.2) is 0 Å². The predicted octanol–water partition coefficient (Wildman–Crippen LogP) is 3.38. The van der Waals surface area contributed by atoms with E-state index < -0.39 is 0 Å². The molecule has 0 fully saturated rings. The van der Waals surface area contributed by atoms with Crippen LogP contribution in [0, 0.1) is 5.82 Å². The molecule has 1 rings (SSSR count). The second-order valence-electron chi connectivity index (χ2n) is 4.89. The highest BCUT2D eigenvalue weighted by atomic mass is 35.5. The van der Waals surface area contributed by atoms with Crippen molar-refractivity contribution >= 4 is 11.6 Å². The average molecular weight is 260 g/mol. The number of hydrogen-bond acceptors (Lipinski definition) is 2. The van der Waals surface area contributed by atoms with E-state index in [0.717, 1.165) is 12.1 Å².